The van der Waals surface area contributed by atoms with Crippen LogP contribution in [0.3, 0.4) is 0 Å². The van der Waals surface area contributed by atoms with Crippen LogP contribution in [0, 0.1) is 0 Å². The number of aliphatic hydroxyl groups is 1. The minimum absolute atomic E-state index is 0.310. The molecule has 0 aliphatic heterocycles. The van der Waals surface area contributed by atoms with Crippen LogP contribution in [-0.2, 0) is 19.9 Å². The van der Waals surface area contributed by atoms with Crippen LogP contribution in [0.4, 0.5) is 8.78 Å². The van der Waals surface area contributed by atoms with Crippen LogP contribution < -0.4 is 0 Å². The number of alkyl halides is 3. The first-order chi connectivity index (χ1) is 7.27. The number of aromatic nitrogens is 2. The predicted molar refractivity (Wildman–Crippen MR) is 58.1 cm³/mol. The third kappa shape index (κ3) is 2.84. The van der Waals surface area contributed by atoms with Crippen molar-refractivity contribution in [3.63, 3.8) is 0 Å². The molecule has 1 aromatic heterocycles. The van der Waals surface area contributed by atoms with Crippen LogP contribution in [-0.4, -0.2) is 26.4 Å². The average Bonchev–Trinajstić information content (AvgIpc) is 2.43. The summed E-state index contributed by atoms with van der Waals surface area (Å²) in [6.07, 6.45) is -1.72. The molecule has 0 bridgehead atoms. The summed E-state index contributed by atoms with van der Waals surface area (Å²) in [5.41, 5.74) is 0.968. The molecule has 1 atom stereocenters. The monoisotopic (exact) mass is 272 g/mol. The molecule has 7 heteroatoms. The first-order valence-electron chi connectivity index (χ1n) is 4.72. The van der Waals surface area contributed by atoms with Gasteiger partial charge >= 0.3 is 5.38 Å². The molecular formula is C9H12Cl2F2N2O. The number of hydrogen-bond acceptors (Lipinski definition) is 2. The van der Waals surface area contributed by atoms with Crippen LogP contribution in [0.2, 0.25) is 5.02 Å². The Balaban J connectivity index is 2.93. The van der Waals surface area contributed by atoms with Gasteiger partial charge in [0.15, 0.2) is 0 Å². The number of halogens is 4. The molecule has 1 N–H and O–H groups in total. The summed E-state index contributed by atoms with van der Waals surface area (Å²) in [6.45, 7) is 1.85. The summed E-state index contributed by atoms with van der Waals surface area (Å²) in [6, 6.07) is 0. The van der Waals surface area contributed by atoms with Gasteiger partial charge in [-0.2, -0.15) is 13.9 Å². The topological polar surface area (TPSA) is 38.0 Å². The molecule has 1 rings (SSSR count). The second-order valence-corrected chi connectivity index (χ2v) is 4.33. The van der Waals surface area contributed by atoms with Gasteiger partial charge in [0.25, 0.3) is 0 Å². The highest BCUT2D eigenvalue weighted by molar-refractivity contribution is 6.31. The Morgan fingerprint density at radius 2 is 2.12 bits per heavy atom. The summed E-state index contributed by atoms with van der Waals surface area (Å²) in [5.74, 6) is 0. The Hall–Kier alpha value is -0.390. The van der Waals surface area contributed by atoms with Crippen LogP contribution >= 0.6 is 23.2 Å². The molecule has 0 saturated carbocycles. The highest BCUT2D eigenvalue weighted by atomic mass is 35.5. The van der Waals surface area contributed by atoms with Gasteiger partial charge in [-0.3, -0.25) is 4.68 Å². The molecule has 0 aromatic carbocycles. The van der Waals surface area contributed by atoms with E-state index in [0.717, 1.165) is 0 Å². The van der Waals surface area contributed by atoms with E-state index in [-0.39, 0.29) is 6.42 Å². The average molecular weight is 273 g/mol. The Labute approximate surface area is 102 Å². The molecule has 0 spiro atoms. The van der Waals surface area contributed by atoms with Crippen LogP contribution in [0.1, 0.15) is 18.3 Å². The molecule has 16 heavy (non-hydrogen) atoms. The van der Waals surface area contributed by atoms with E-state index in [9.17, 15) is 13.9 Å². The molecule has 0 radical (unpaired) electrons. The number of aryl methyl sites for hydroxylation is 2. The van der Waals surface area contributed by atoms with Gasteiger partial charge in [-0.05, 0) is 18.0 Å². The van der Waals surface area contributed by atoms with Crippen LogP contribution in [0.5, 0.6) is 0 Å². The lowest BCUT2D eigenvalue weighted by atomic mass is 10.2. The highest BCUT2D eigenvalue weighted by Crippen LogP contribution is 2.29. The molecule has 0 saturated heterocycles. The van der Waals surface area contributed by atoms with Crippen molar-refractivity contribution in [2.24, 2.45) is 7.05 Å². The second kappa shape index (κ2) is 4.85. The smallest absolute Gasteiger partial charge is 0.347 e. The Bertz CT molecular complexity index is 376. The van der Waals surface area contributed by atoms with Crippen molar-refractivity contribution in [3.8, 4) is 0 Å². The second-order valence-electron chi connectivity index (χ2n) is 3.45. The lowest BCUT2D eigenvalue weighted by Gasteiger charge is -2.15. The first-order valence-corrected chi connectivity index (χ1v) is 5.48. The normalized spacial score (nSPS) is 14.2. The van der Waals surface area contributed by atoms with Crippen molar-refractivity contribution in [2.75, 3.05) is 0 Å². The zero-order valence-corrected chi connectivity index (χ0v) is 10.4. The lowest BCUT2D eigenvalue weighted by Crippen LogP contribution is -2.30. The predicted octanol–water partition coefficient (Wildman–Crippen LogP) is 2.37. The van der Waals surface area contributed by atoms with E-state index >= 15 is 0 Å². The molecule has 0 fully saturated rings. The van der Waals surface area contributed by atoms with Gasteiger partial charge in [0.2, 0.25) is 0 Å². The highest BCUT2D eigenvalue weighted by Gasteiger charge is 2.36. The molecule has 0 aliphatic rings. The van der Waals surface area contributed by atoms with E-state index in [1.165, 1.54) is 4.68 Å². The van der Waals surface area contributed by atoms with Crippen molar-refractivity contribution < 1.29 is 13.9 Å². The zero-order chi connectivity index (χ0) is 12.5. The van der Waals surface area contributed by atoms with Gasteiger partial charge in [-0.15, -0.1) is 0 Å². The number of nitrogens with zero attached hydrogens (tertiary/aromatic N) is 2. The van der Waals surface area contributed by atoms with Gasteiger partial charge in [0.1, 0.15) is 6.10 Å². The lowest BCUT2D eigenvalue weighted by molar-refractivity contribution is -0.0405. The summed E-state index contributed by atoms with van der Waals surface area (Å²) in [5, 5.41) is 9.88. The zero-order valence-electron chi connectivity index (χ0n) is 8.85. The molecule has 0 aliphatic carbocycles. The van der Waals surface area contributed by atoms with Gasteiger partial charge in [-0.1, -0.05) is 18.5 Å². The maximum absolute atomic E-state index is 12.6. The van der Waals surface area contributed by atoms with Crippen molar-refractivity contribution in [2.45, 2.75) is 31.3 Å². The van der Waals surface area contributed by atoms with E-state index in [1.807, 2.05) is 6.92 Å². The van der Waals surface area contributed by atoms with E-state index in [1.54, 1.807) is 7.05 Å². The molecule has 1 aromatic rings. The number of hydrogen-bond donors (Lipinski definition) is 1. The standard InChI is InChI=1S/C9H12Cl2F2N2O/c1-3-5-8(10)6(15(2)14-5)4-7(16)9(11,12)13/h7,16H,3-4H2,1-2H3. The molecule has 0 amide bonds. The fraction of sp³-hybridized carbons (Fsp3) is 0.667. The van der Waals surface area contributed by atoms with Crippen molar-refractivity contribution in [1.82, 2.24) is 9.78 Å². The van der Waals surface area contributed by atoms with Crippen molar-refractivity contribution in [3.05, 3.63) is 16.4 Å². The molecule has 92 valence electrons. The van der Waals surface area contributed by atoms with Gasteiger partial charge in [-0.25, -0.2) is 0 Å². The molecule has 3 nitrogen and oxygen atoms in total. The summed E-state index contributed by atoms with van der Waals surface area (Å²) < 4.78 is 26.6. The third-order valence-corrected chi connectivity index (χ3v) is 2.96. The minimum atomic E-state index is -3.67. The molecular weight excluding hydrogens is 261 g/mol. The third-order valence-electron chi connectivity index (χ3n) is 2.27. The Morgan fingerprint density at radius 1 is 1.56 bits per heavy atom. The Kier molecular flexibility index (Phi) is 4.15. The maximum Gasteiger partial charge on any atom is 0.347 e. The van der Waals surface area contributed by atoms with Gasteiger partial charge < -0.3 is 5.11 Å². The summed E-state index contributed by atoms with van der Waals surface area (Å²) in [7, 11) is 1.58. The number of rotatable bonds is 4. The maximum atomic E-state index is 12.6. The van der Waals surface area contributed by atoms with Gasteiger partial charge in [0.05, 0.1) is 16.4 Å². The van der Waals surface area contributed by atoms with E-state index in [0.29, 0.717) is 22.8 Å². The largest absolute Gasteiger partial charge is 0.385 e. The van der Waals surface area contributed by atoms with E-state index in [2.05, 4.69) is 5.10 Å². The van der Waals surface area contributed by atoms with Gasteiger partial charge in [0, 0.05) is 13.5 Å². The van der Waals surface area contributed by atoms with E-state index in [4.69, 9.17) is 23.2 Å². The van der Waals surface area contributed by atoms with E-state index < -0.39 is 11.5 Å². The SMILES string of the molecule is CCc1nn(C)c(CC(O)C(F)(F)Cl)c1Cl. The van der Waals surface area contributed by atoms with Crippen molar-refractivity contribution >= 4 is 23.2 Å². The van der Waals surface area contributed by atoms with Crippen molar-refractivity contribution in [1.29, 1.82) is 0 Å². The Morgan fingerprint density at radius 3 is 2.50 bits per heavy atom. The van der Waals surface area contributed by atoms with Crippen LogP contribution in [0.15, 0.2) is 0 Å². The fourth-order valence-corrected chi connectivity index (χ4v) is 1.79. The first kappa shape index (κ1) is 13.7. The fourth-order valence-electron chi connectivity index (χ4n) is 1.34. The quantitative estimate of drug-likeness (QED) is 0.855. The summed E-state index contributed by atoms with van der Waals surface area (Å²) in [4.78, 5) is 0. The minimum Gasteiger partial charge on any atom is -0.385 e. The van der Waals surface area contributed by atoms with Crippen LogP contribution in [0.25, 0.3) is 0 Å². The summed E-state index contributed by atoms with van der Waals surface area (Å²) >= 11 is 10.7. The molecule has 1 heterocycles. The molecule has 1 unspecified atom stereocenters. The number of aliphatic hydroxyl groups excluding tert-OH is 1.